The molecule has 1 aromatic rings. The summed E-state index contributed by atoms with van der Waals surface area (Å²) >= 11 is 1.57. The van der Waals surface area contributed by atoms with Crippen LogP contribution >= 0.6 is 11.8 Å². The van der Waals surface area contributed by atoms with Crippen molar-refractivity contribution in [3.63, 3.8) is 0 Å². The summed E-state index contributed by atoms with van der Waals surface area (Å²) < 4.78 is 13.4. The standard InChI is InChI=1S/C16H21FN2O2S/c17-14-6-2-1-5-13(14)12-22-10-8-18-15(20)11-19-9-4-3-7-16(19)21/h1-2,5-6H,3-4,7-12H2,(H,18,20). The van der Waals surface area contributed by atoms with Crippen LogP contribution in [0.2, 0.25) is 0 Å². The van der Waals surface area contributed by atoms with Crippen LogP contribution in [0.3, 0.4) is 0 Å². The van der Waals surface area contributed by atoms with Crippen LogP contribution in [0, 0.1) is 5.82 Å². The first-order valence-electron chi connectivity index (χ1n) is 7.52. The van der Waals surface area contributed by atoms with Crippen molar-refractivity contribution in [2.45, 2.75) is 25.0 Å². The summed E-state index contributed by atoms with van der Waals surface area (Å²) in [7, 11) is 0. The lowest BCUT2D eigenvalue weighted by molar-refractivity contribution is -0.137. The lowest BCUT2D eigenvalue weighted by atomic mass is 10.1. The topological polar surface area (TPSA) is 49.4 Å². The smallest absolute Gasteiger partial charge is 0.239 e. The number of likely N-dealkylation sites (tertiary alicyclic amines) is 1. The van der Waals surface area contributed by atoms with E-state index < -0.39 is 0 Å². The van der Waals surface area contributed by atoms with Crippen molar-refractivity contribution in [3.8, 4) is 0 Å². The van der Waals surface area contributed by atoms with Crippen LogP contribution in [0.1, 0.15) is 24.8 Å². The zero-order valence-corrected chi connectivity index (χ0v) is 13.3. The molecule has 0 aliphatic carbocycles. The molecule has 22 heavy (non-hydrogen) atoms. The number of hydrogen-bond acceptors (Lipinski definition) is 3. The van der Waals surface area contributed by atoms with Gasteiger partial charge in [0.15, 0.2) is 0 Å². The Labute approximate surface area is 134 Å². The van der Waals surface area contributed by atoms with Gasteiger partial charge < -0.3 is 10.2 Å². The molecule has 0 radical (unpaired) electrons. The van der Waals surface area contributed by atoms with Gasteiger partial charge in [0.05, 0.1) is 6.54 Å². The number of benzene rings is 1. The van der Waals surface area contributed by atoms with Gasteiger partial charge in [0.25, 0.3) is 0 Å². The first kappa shape index (κ1) is 16.8. The van der Waals surface area contributed by atoms with Gasteiger partial charge in [-0.3, -0.25) is 9.59 Å². The molecule has 120 valence electrons. The number of carbonyl (C=O) groups excluding carboxylic acids is 2. The predicted molar refractivity (Wildman–Crippen MR) is 86.0 cm³/mol. The summed E-state index contributed by atoms with van der Waals surface area (Å²) in [5.41, 5.74) is 0.678. The molecule has 1 aliphatic rings. The predicted octanol–water partition coefficient (Wildman–Crippen LogP) is 2.19. The van der Waals surface area contributed by atoms with Gasteiger partial charge in [0.1, 0.15) is 5.82 Å². The van der Waals surface area contributed by atoms with E-state index in [4.69, 9.17) is 0 Å². The molecule has 1 aliphatic heterocycles. The van der Waals surface area contributed by atoms with Crippen molar-refractivity contribution < 1.29 is 14.0 Å². The maximum Gasteiger partial charge on any atom is 0.239 e. The molecule has 1 saturated heterocycles. The Morgan fingerprint density at radius 2 is 2.14 bits per heavy atom. The lowest BCUT2D eigenvalue weighted by Gasteiger charge is -2.25. The zero-order chi connectivity index (χ0) is 15.8. The number of rotatable bonds is 7. The van der Waals surface area contributed by atoms with Gasteiger partial charge in [-0.2, -0.15) is 11.8 Å². The summed E-state index contributed by atoms with van der Waals surface area (Å²) in [4.78, 5) is 25.0. The van der Waals surface area contributed by atoms with Crippen LogP contribution in [-0.4, -0.2) is 42.1 Å². The molecule has 0 atom stereocenters. The largest absolute Gasteiger partial charge is 0.354 e. The van der Waals surface area contributed by atoms with E-state index in [1.54, 1.807) is 28.8 Å². The van der Waals surface area contributed by atoms with Crippen molar-refractivity contribution in [2.24, 2.45) is 0 Å². The van der Waals surface area contributed by atoms with Crippen LogP contribution < -0.4 is 5.32 Å². The fourth-order valence-corrected chi connectivity index (χ4v) is 3.16. The molecule has 1 aromatic carbocycles. The van der Waals surface area contributed by atoms with E-state index in [1.807, 2.05) is 6.07 Å². The fraction of sp³-hybridized carbons (Fsp3) is 0.500. The summed E-state index contributed by atoms with van der Waals surface area (Å²) in [6.45, 7) is 1.35. The molecule has 0 spiro atoms. The number of halogens is 1. The number of carbonyl (C=O) groups is 2. The van der Waals surface area contributed by atoms with Gasteiger partial charge in [-0.15, -0.1) is 0 Å². The van der Waals surface area contributed by atoms with Crippen LogP contribution in [0.25, 0.3) is 0 Å². The second-order valence-electron chi connectivity index (χ2n) is 5.27. The highest BCUT2D eigenvalue weighted by Crippen LogP contribution is 2.14. The third kappa shape index (κ3) is 5.33. The van der Waals surface area contributed by atoms with E-state index in [0.29, 0.717) is 36.6 Å². The van der Waals surface area contributed by atoms with Crippen LogP contribution in [0.4, 0.5) is 4.39 Å². The number of hydrogen-bond donors (Lipinski definition) is 1. The zero-order valence-electron chi connectivity index (χ0n) is 12.5. The van der Waals surface area contributed by atoms with Crippen LogP contribution in [0.15, 0.2) is 24.3 Å². The van der Waals surface area contributed by atoms with E-state index in [9.17, 15) is 14.0 Å². The van der Waals surface area contributed by atoms with E-state index in [2.05, 4.69) is 5.32 Å². The minimum Gasteiger partial charge on any atom is -0.354 e. The third-order valence-corrected chi connectivity index (χ3v) is 4.55. The molecule has 0 saturated carbocycles. The number of nitrogens with one attached hydrogen (secondary N) is 1. The molecule has 1 fully saturated rings. The van der Waals surface area contributed by atoms with Crippen molar-refractivity contribution in [2.75, 3.05) is 25.4 Å². The van der Waals surface area contributed by atoms with E-state index in [1.165, 1.54) is 6.07 Å². The highest BCUT2D eigenvalue weighted by Gasteiger charge is 2.19. The quantitative estimate of drug-likeness (QED) is 0.782. The first-order valence-corrected chi connectivity index (χ1v) is 8.68. The maximum absolute atomic E-state index is 13.4. The Balaban J connectivity index is 1.59. The van der Waals surface area contributed by atoms with Gasteiger partial charge in [-0.1, -0.05) is 18.2 Å². The second-order valence-corrected chi connectivity index (χ2v) is 6.37. The first-order chi connectivity index (χ1) is 10.7. The minimum absolute atomic E-state index is 0.0651. The average molecular weight is 324 g/mol. The van der Waals surface area contributed by atoms with Gasteiger partial charge in [0, 0.05) is 31.0 Å². The SMILES string of the molecule is O=C(CN1CCCCC1=O)NCCSCc1ccccc1F. The van der Waals surface area contributed by atoms with Crippen molar-refractivity contribution in [3.05, 3.63) is 35.6 Å². The summed E-state index contributed by atoms with van der Waals surface area (Å²) in [5.74, 6) is 1.06. The molecule has 0 bridgehead atoms. The molecular weight excluding hydrogens is 303 g/mol. The van der Waals surface area contributed by atoms with E-state index >= 15 is 0 Å². The number of amides is 2. The molecule has 2 rings (SSSR count). The number of nitrogens with zero attached hydrogens (tertiary/aromatic N) is 1. The summed E-state index contributed by atoms with van der Waals surface area (Å²) in [6.07, 6.45) is 2.44. The van der Waals surface area contributed by atoms with Crippen molar-refractivity contribution in [1.82, 2.24) is 10.2 Å². The Bertz CT molecular complexity index is 525. The van der Waals surface area contributed by atoms with E-state index in [-0.39, 0.29) is 24.2 Å². The minimum atomic E-state index is -0.192. The Kier molecular flexibility index (Phi) is 6.71. The average Bonchev–Trinajstić information content (AvgIpc) is 2.51. The summed E-state index contributed by atoms with van der Waals surface area (Å²) in [5, 5.41) is 2.80. The Morgan fingerprint density at radius 3 is 2.91 bits per heavy atom. The van der Waals surface area contributed by atoms with Gasteiger partial charge >= 0.3 is 0 Å². The van der Waals surface area contributed by atoms with Crippen molar-refractivity contribution in [1.29, 1.82) is 0 Å². The van der Waals surface area contributed by atoms with Gasteiger partial charge in [-0.05, 0) is 24.5 Å². The van der Waals surface area contributed by atoms with Gasteiger partial charge in [0.2, 0.25) is 11.8 Å². The van der Waals surface area contributed by atoms with Gasteiger partial charge in [-0.25, -0.2) is 4.39 Å². The van der Waals surface area contributed by atoms with E-state index in [0.717, 1.165) is 12.8 Å². The molecule has 4 nitrogen and oxygen atoms in total. The molecule has 2 amide bonds. The fourth-order valence-electron chi connectivity index (χ4n) is 2.32. The maximum atomic E-state index is 13.4. The molecule has 0 aromatic heterocycles. The molecule has 1 heterocycles. The number of piperidine rings is 1. The highest BCUT2D eigenvalue weighted by molar-refractivity contribution is 7.98. The highest BCUT2D eigenvalue weighted by atomic mass is 32.2. The monoisotopic (exact) mass is 324 g/mol. The molecule has 1 N–H and O–H groups in total. The molecular formula is C16H21FN2O2S. The molecule has 0 unspecified atom stereocenters. The lowest BCUT2D eigenvalue weighted by Crippen LogP contribution is -2.43. The summed E-state index contributed by atoms with van der Waals surface area (Å²) in [6, 6.07) is 6.71. The Morgan fingerprint density at radius 1 is 1.32 bits per heavy atom. The second kappa shape index (κ2) is 8.78. The van der Waals surface area contributed by atoms with Crippen LogP contribution in [-0.2, 0) is 15.3 Å². The van der Waals surface area contributed by atoms with Crippen molar-refractivity contribution >= 4 is 23.6 Å². The van der Waals surface area contributed by atoms with Crippen LogP contribution in [0.5, 0.6) is 0 Å². The number of thioether (sulfide) groups is 1. The normalized spacial score (nSPS) is 15.0. The molecule has 6 heteroatoms. The Hall–Kier alpha value is -1.56. The third-order valence-electron chi connectivity index (χ3n) is 3.54.